The zero-order valence-corrected chi connectivity index (χ0v) is 19.7. The molecule has 2 atom stereocenters. The Morgan fingerprint density at radius 3 is 2.33 bits per heavy atom. The maximum atomic E-state index is 13.1. The number of carbonyl (C=O) groups is 3. The number of benzene rings is 2. The molecule has 0 unspecified atom stereocenters. The number of urea groups is 1. The molecule has 1 aliphatic rings. The van der Waals surface area contributed by atoms with E-state index in [0.29, 0.717) is 11.3 Å². The Labute approximate surface area is 193 Å². The molecule has 0 bridgehead atoms. The number of rotatable bonds is 8. The third kappa shape index (κ3) is 5.58. The molecule has 0 spiro atoms. The van der Waals surface area contributed by atoms with E-state index >= 15 is 0 Å². The molecule has 9 nitrogen and oxygen atoms in total. The fraction of sp³-hybridized carbons (Fsp3) is 0.348. The van der Waals surface area contributed by atoms with Crippen LogP contribution in [-0.4, -0.2) is 32.3 Å². The predicted octanol–water partition coefficient (Wildman–Crippen LogP) is 2.38. The number of imide groups is 1. The Hall–Kier alpha value is -3.24. The number of carbonyl (C=O) groups excluding carboxylic acids is 3. The number of hydrogen-bond acceptors (Lipinski definition) is 5. The molecule has 0 radical (unpaired) electrons. The normalized spacial score (nSPS) is 19.2. The summed E-state index contributed by atoms with van der Waals surface area (Å²) in [6.45, 7) is 7.20. The van der Waals surface area contributed by atoms with Gasteiger partial charge in [-0.15, -0.1) is 0 Å². The van der Waals surface area contributed by atoms with Crippen LogP contribution in [0.15, 0.2) is 53.4 Å². The summed E-state index contributed by atoms with van der Waals surface area (Å²) in [5.74, 6) is -0.981. The maximum absolute atomic E-state index is 13.1. The van der Waals surface area contributed by atoms with Crippen molar-refractivity contribution in [1.82, 2.24) is 15.4 Å². The van der Waals surface area contributed by atoms with Gasteiger partial charge in [-0.1, -0.05) is 43.7 Å². The predicted molar refractivity (Wildman–Crippen MR) is 124 cm³/mol. The summed E-state index contributed by atoms with van der Waals surface area (Å²) in [4.78, 5) is 36.9. The van der Waals surface area contributed by atoms with Crippen LogP contribution in [0.1, 0.15) is 38.3 Å². The number of amides is 4. The second-order valence-corrected chi connectivity index (χ2v) is 10.4. The third-order valence-corrected chi connectivity index (χ3v) is 6.89. The molecule has 4 N–H and O–H groups in total. The molecule has 176 valence electrons. The van der Waals surface area contributed by atoms with E-state index in [0.717, 1.165) is 5.56 Å². The van der Waals surface area contributed by atoms with Crippen LogP contribution in [0.3, 0.4) is 0 Å². The average Bonchev–Trinajstić information content (AvgIpc) is 3.00. The van der Waals surface area contributed by atoms with Crippen molar-refractivity contribution in [2.45, 2.75) is 50.6 Å². The second kappa shape index (κ2) is 9.32. The first kappa shape index (κ1) is 24.4. The summed E-state index contributed by atoms with van der Waals surface area (Å²) in [6.07, 6.45) is 0.285. The lowest BCUT2D eigenvalue weighted by molar-refractivity contribution is -0.123. The molecule has 4 amide bonds. The highest BCUT2D eigenvalue weighted by Crippen LogP contribution is 2.26. The molecule has 1 aliphatic heterocycles. The van der Waals surface area contributed by atoms with Gasteiger partial charge >= 0.3 is 6.03 Å². The second-order valence-electron chi connectivity index (χ2n) is 8.72. The molecule has 1 saturated heterocycles. The largest absolute Gasteiger partial charge is 0.325 e. The van der Waals surface area contributed by atoms with Crippen molar-refractivity contribution in [3.8, 4) is 0 Å². The number of sulfonamides is 1. The third-order valence-electron chi connectivity index (χ3n) is 5.40. The Bertz CT molecular complexity index is 1180. The molecule has 0 saturated carbocycles. The van der Waals surface area contributed by atoms with Crippen molar-refractivity contribution < 1.29 is 22.8 Å². The van der Waals surface area contributed by atoms with E-state index in [-0.39, 0.29) is 17.2 Å². The van der Waals surface area contributed by atoms with Gasteiger partial charge in [0.25, 0.3) is 5.91 Å². The van der Waals surface area contributed by atoms with Gasteiger partial charge in [0.15, 0.2) is 0 Å². The quantitative estimate of drug-likeness (QED) is 0.438. The van der Waals surface area contributed by atoms with Crippen molar-refractivity contribution in [2.24, 2.45) is 5.92 Å². The smallest absolute Gasteiger partial charge is 0.322 e. The summed E-state index contributed by atoms with van der Waals surface area (Å²) < 4.78 is 28.2. The topological polar surface area (TPSA) is 133 Å². The molecule has 2 aromatic carbocycles. The van der Waals surface area contributed by atoms with Crippen LogP contribution < -0.4 is 20.7 Å². The van der Waals surface area contributed by atoms with Crippen LogP contribution in [0.25, 0.3) is 0 Å². The molecule has 10 heteroatoms. The Kier molecular flexibility index (Phi) is 6.89. The van der Waals surface area contributed by atoms with Crippen LogP contribution >= 0.6 is 0 Å². The van der Waals surface area contributed by atoms with Gasteiger partial charge in [-0.3, -0.25) is 14.9 Å². The van der Waals surface area contributed by atoms with Gasteiger partial charge < -0.3 is 10.6 Å². The number of anilines is 1. The van der Waals surface area contributed by atoms with Gasteiger partial charge in [-0.25, -0.2) is 13.2 Å². The number of aryl methyl sites for hydroxylation is 1. The zero-order valence-electron chi connectivity index (χ0n) is 18.9. The number of hydrogen-bond donors (Lipinski definition) is 4. The van der Waals surface area contributed by atoms with E-state index in [1.807, 2.05) is 20.8 Å². The van der Waals surface area contributed by atoms with E-state index in [1.54, 1.807) is 43.3 Å². The van der Waals surface area contributed by atoms with Crippen molar-refractivity contribution in [2.75, 3.05) is 5.32 Å². The Morgan fingerprint density at radius 1 is 1.09 bits per heavy atom. The van der Waals surface area contributed by atoms with Gasteiger partial charge in [0, 0.05) is 5.69 Å². The van der Waals surface area contributed by atoms with Crippen LogP contribution in [0.5, 0.6) is 0 Å². The highest BCUT2D eigenvalue weighted by molar-refractivity contribution is 7.89. The van der Waals surface area contributed by atoms with E-state index in [9.17, 15) is 22.8 Å². The van der Waals surface area contributed by atoms with Gasteiger partial charge in [-0.05, 0) is 56.0 Å². The SMILES string of the molecule is Cc1ccc(S(=O)(=O)N[C@@H](CC(C)C)C(=O)Nc2cccc([C@@]3(C)NC(=O)NC3=O)c2)cc1. The van der Waals surface area contributed by atoms with Crippen LogP contribution in [0.2, 0.25) is 0 Å². The average molecular weight is 473 g/mol. The molecule has 0 aromatic heterocycles. The first-order valence-corrected chi connectivity index (χ1v) is 12.0. The minimum absolute atomic E-state index is 0.0455. The fourth-order valence-corrected chi connectivity index (χ4v) is 4.74. The highest BCUT2D eigenvalue weighted by atomic mass is 32.2. The summed E-state index contributed by atoms with van der Waals surface area (Å²) >= 11 is 0. The van der Waals surface area contributed by atoms with Crippen LogP contribution in [0.4, 0.5) is 10.5 Å². The van der Waals surface area contributed by atoms with Crippen molar-refractivity contribution in [1.29, 1.82) is 0 Å². The standard InChI is InChI=1S/C23H28N4O5S/c1-14(2)12-19(27-33(31,32)18-10-8-15(3)9-11-18)20(28)24-17-7-5-6-16(13-17)23(4)21(29)25-22(30)26-23/h5-11,13-14,19,27H,12H2,1-4H3,(H,24,28)(H2,25,26,29,30)/t19-,23+/m0/s1. The molecule has 1 fully saturated rings. The van der Waals surface area contributed by atoms with E-state index in [1.165, 1.54) is 12.1 Å². The monoisotopic (exact) mass is 472 g/mol. The van der Waals surface area contributed by atoms with Gasteiger partial charge in [0.05, 0.1) is 4.90 Å². The van der Waals surface area contributed by atoms with Crippen molar-refractivity contribution in [3.05, 3.63) is 59.7 Å². The molecular weight excluding hydrogens is 444 g/mol. The van der Waals surface area contributed by atoms with Crippen LogP contribution in [0, 0.1) is 12.8 Å². The molecule has 2 aromatic rings. The van der Waals surface area contributed by atoms with E-state index in [2.05, 4.69) is 20.7 Å². The Balaban J connectivity index is 1.81. The maximum Gasteiger partial charge on any atom is 0.322 e. The molecule has 0 aliphatic carbocycles. The summed E-state index contributed by atoms with van der Waals surface area (Å²) in [5, 5.41) is 7.50. The van der Waals surface area contributed by atoms with E-state index in [4.69, 9.17) is 0 Å². The molecule has 33 heavy (non-hydrogen) atoms. The molecule has 3 rings (SSSR count). The summed E-state index contributed by atoms with van der Waals surface area (Å²) in [6, 6.07) is 11.3. The summed E-state index contributed by atoms with van der Waals surface area (Å²) in [7, 11) is -3.91. The fourth-order valence-electron chi connectivity index (χ4n) is 3.54. The molecular formula is C23H28N4O5S. The first-order valence-electron chi connectivity index (χ1n) is 10.5. The van der Waals surface area contributed by atoms with Gasteiger partial charge in [0.1, 0.15) is 11.6 Å². The summed E-state index contributed by atoms with van der Waals surface area (Å²) in [5.41, 5.74) is 0.494. The van der Waals surface area contributed by atoms with Crippen molar-refractivity contribution >= 4 is 33.6 Å². The lowest BCUT2D eigenvalue weighted by atomic mass is 9.92. The lowest BCUT2D eigenvalue weighted by Crippen LogP contribution is -2.44. The molecule has 1 heterocycles. The van der Waals surface area contributed by atoms with Crippen LogP contribution in [-0.2, 0) is 25.2 Å². The lowest BCUT2D eigenvalue weighted by Gasteiger charge is -2.23. The highest BCUT2D eigenvalue weighted by Gasteiger charge is 2.43. The Morgan fingerprint density at radius 2 is 1.76 bits per heavy atom. The minimum Gasteiger partial charge on any atom is -0.325 e. The number of nitrogens with one attached hydrogen (secondary N) is 4. The van der Waals surface area contributed by atoms with Gasteiger partial charge in [-0.2, -0.15) is 4.72 Å². The van der Waals surface area contributed by atoms with E-state index < -0.39 is 39.4 Å². The van der Waals surface area contributed by atoms with Crippen molar-refractivity contribution in [3.63, 3.8) is 0 Å². The zero-order chi connectivity index (χ0) is 24.4. The first-order chi connectivity index (χ1) is 15.4. The van der Waals surface area contributed by atoms with Gasteiger partial charge in [0.2, 0.25) is 15.9 Å². The minimum atomic E-state index is -3.91.